The first-order chi connectivity index (χ1) is 11.3. The van der Waals surface area contributed by atoms with Gasteiger partial charge in [-0.3, -0.25) is 9.69 Å². The van der Waals surface area contributed by atoms with E-state index in [0.29, 0.717) is 12.2 Å². The third-order valence-electron chi connectivity index (χ3n) is 4.89. The molecular formula is C17H23N5O. The minimum Gasteiger partial charge on any atom is -0.357 e. The van der Waals surface area contributed by atoms with Gasteiger partial charge in [-0.15, -0.1) is 0 Å². The molecule has 4 heterocycles. The molecule has 0 aromatic carbocycles. The average Bonchev–Trinajstić information content (AvgIpc) is 3.29. The third-order valence-corrected chi connectivity index (χ3v) is 4.89. The van der Waals surface area contributed by atoms with Crippen LogP contribution in [0.1, 0.15) is 41.1 Å². The molecule has 2 aliphatic rings. The predicted molar refractivity (Wildman–Crippen MR) is 86.9 cm³/mol. The summed E-state index contributed by atoms with van der Waals surface area (Å²) >= 11 is 0. The first-order valence-electron chi connectivity index (χ1n) is 8.49. The number of H-pyrrole nitrogens is 1. The highest BCUT2D eigenvalue weighted by atomic mass is 16.2. The highest BCUT2D eigenvalue weighted by molar-refractivity contribution is 5.92. The van der Waals surface area contributed by atoms with E-state index in [0.717, 1.165) is 44.8 Å². The molecule has 122 valence electrons. The first-order valence-corrected chi connectivity index (χ1v) is 8.49. The van der Waals surface area contributed by atoms with Crippen molar-refractivity contribution in [2.75, 3.05) is 19.6 Å². The standard InChI is InChI=1S/C17H23N5O/c23-17(14-5-3-6-18-14)21-9-4-10-22-13-19-15(16(22)12-21)11-20-7-1-2-8-20/h3,5-6,13,18H,1-2,4,7-12H2. The van der Waals surface area contributed by atoms with Crippen LogP contribution >= 0.6 is 0 Å². The highest BCUT2D eigenvalue weighted by Crippen LogP contribution is 2.20. The van der Waals surface area contributed by atoms with Crippen LogP contribution < -0.4 is 0 Å². The number of likely N-dealkylation sites (tertiary alicyclic amines) is 1. The Morgan fingerprint density at radius 2 is 2.04 bits per heavy atom. The van der Waals surface area contributed by atoms with Gasteiger partial charge in [0.15, 0.2) is 0 Å². The van der Waals surface area contributed by atoms with E-state index in [2.05, 4.69) is 19.4 Å². The second-order valence-electron chi connectivity index (χ2n) is 6.48. The van der Waals surface area contributed by atoms with Crippen LogP contribution in [0.15, 0.2) is 24.7 Å². The number of hydrogen-bond acceptors (Lipinski definition) is 3. The molecule has 2 aromatic heterocycles. The van der Waals surface area contributed by atoms with Crippen molar-refractivity contribution in [1.29, 1.82) is 0 Å². The van der Waals surface area contributed by atoms with Crippen LogP contribution in [-0.4, -0.2) is 49.9 Å². The molecule has 0 atom stereocenters. The fraction of sp³-hybridized carbons (Fsp3) is 0.529. The fourth-order valence-corrected chi connectivity index (χ4v) is 3.61. The number of carbonyl (C=O) groups excluding carboxylic acids is 1. The lowest BCUT2D eigenvalue weighted by atomic mass is 10.2. The van der Waals surface area contributed by atoms with E-state index in [1.807, 2.05) is 23.4 Å². The molecule has 1 amide bonds. The van der Waals surface area contributed by atoms with Crippen molar-refractivity contribution in [3.63, 3.8) is 0 Å². The number of amides is 1. The monoisotopic (exact) mass is 313 g/mol. The van der Waals surface area contributed by atoms with Gasteiger partial charge in [-0.2, -0.15) is 0 Å². The summed E-state index contributed by atoms with van der Waals surface area (Å²) in [5.74, 6) is 0.0803. The molecule has 1 N–H and O–H groups in total. The molecule has 0 saturated carbocycles. The maximum atomic E-state index is 12.7. The number of imidazole rings is 1. The molecule has 1 saturated heterocycles. The van der Waals surface area contributed by atoms with E-state index in [1.54, 1.807) is 6.20 Å². The lowest BCUT2D eigenvalue weighted by Crippen LogP contribution is -2.31. The molecule has 0 aliphatic carbocycles. The first kappa shape index (κ1) is 14.5. The van der Waals surface area contributed by atoms with Crippen molar-refractivity contribution < 1.29 is 4.79 Å². The normalized spacial score (nSPS) is 18.9. The Hall–Kier alpha value is -2.08. The number of rotatable bonds is 3. The molecule has 0 radical (unpaired) electrons. The average molecular weight is 313 g/mol. The topological polar surface area (TPSA) is 57.2 Å². The summed E-state index contributed by atoms with van der Waals surface area (Å²) in [6, 6.07) is 3.71. The van der Waals surface area contributed by atoms with Crippen molar-refractivity contribution in [3.8, 4) is 0 Å². The highest BCUT2D eigenvalue weighted by Gasteiger charge is 2.24. The van der Waals surface area contributed by atoms with E-state index < -0.39 is 0 Å². The van der Waals surface area contributed by atoms with E-state index in [9.17, 15) is 4.79 Å². The van der Waals surface area contributed by atoms with Crippen LogP contribution in [0.3, 0.4) is 0 Å². The summed E-state index contributed by atoms with van der Waals surface area (Å²) in [6.45, 7) is 5.63. The van der Waals surface area contributed by atoms with E-state index in [4.69, 9.17) is 0 Å². The van der Waals surface area contributed by atoms with Crippen molar-refractivity contribution in [1.82, 2.24) is 24.3 Å². The minimum atomic E-state index is 0.0803. The summed E-state index contributed by atoms with van der Waals surface area (Å²) in [5.41, 5.74) is 3.01. The molecular weight excluding hydrogens is 290 g/mol. The van der Waals surface area contributed by atoms with Gasteiger partial charge in [0.1, 0.15) is 5.69 Å². The maximum Gasteiger partial charge on any atom is 0.270 e. The predicted octanol–water partition coefficient (Wildman–Crippen LogP) is 1.85. The molecule has 4 rings (SSSR count). The molecule has 0 spiro atoms. The van der Waals surface area contributed by atoms with Crippen molar-refractivity contribution >= 4 is 5.91 Å². The lowest BCUT2D eigenvalue weighted by molar-refractivity contribution is 0.0740. The van der Waals surface area contributed by atoms with Crippen molar-refractivity contribution in [3.05, 3.63) is 41.7 Å². The Labute approximate surface area is 136 Å². The quantitative estimate of drug-likeness (QED) is 0.941. The zero-order valence-corrected chi connectivity index (χ0v) is 13.4. The molecule has 2 aliphatic heterocycles. The van der Waals surface area contributed by atoms with E-state index in [1.165, 1.54) is 18.5 Å². The number of aromatic amines is 1. The summed E-state index contributed by atoms with van der Waals surface area (Å²) in [5, 5.41) is 0. The minimum absolute atomic E-state index is 0.0803. The van der Waals surface area contributed by atoms with Gasteiger partial charge in [-0.05, 0) is 44.5 Å². The van der Waals surface area contributed by atoms with E-state index in [-0.39, 0.29) is 5.91 Å². The number of hydrogen-bond donors (Lipinski definition) is 1. The Balaban J connectivity index is 1.55. The van der Waals surface area contributed by atoms with Crippen molar-refractivity contribution in [2.45, 2.75) is 38.9 Å². The number of nitrogens with zero attached hydrogens (tertiary/aromatic N) is 4. The number of nitrogens with one attached hydrogen (secondary N) is 1. The van der Waals surface area contributed by atoms with Gasteiger partial charge in [-0.1, -0.05) is 0 Å². The Morgan fingerprint density at radius 3 is 2.83 bits per heavy atom. The van der Waals surface area contributed by atoms with Gasteiger partial charge in [-0.25, -0.2) is 4.98 Å². The molecule has 1 fully saturated rings. The Kier molecular flexibility index (Phi) is 3.91. The largest absolute Gasteiger partial charge is 0.357 e. The number of fused-ring (bicyclic) bond motifs is 1. The van der Waals surface area contributed by atoms with Crippen LogP contribution in [0.25, 0.3) is 0 Å². The van der Waals surface area contributed by atoms with Crippen LogP contribution in [0.2, 0.25) is 0 Å². The summed E-state index contributed by atoms with van der Waals surface area (Å²) in [6.07, 6.45) is 7.29. The molecule has 2 aromatic rings. The SMILES string of the molecule is O=C(c1ccc[nH]1)N1CCCn2cnc(CN3CCCC3)c2C1. The van der Waals surface area contributed by atoms with Crippen LogP contribution in [0.5, 0.6) is 0 Å². The molecule has 0 bridgehead atoms. The molecule has 6 nitrogen and oxygen atoms in total. The van der Waals surface area contributed by atoms with Crippen molar-refractivity contribution in [2.24, 2.45) is 0 Å². The van der Waals surface area contributed by atoms with Gasteiger partial charge in [0.05, 0.1) is 24.3 Å². The van der Waals surface area contributed by atoms with Crippen LogP contribution in [-0.2, 0) is 19.6 Å². The second kappa shape index (κ2) is 6.20. The van der Waals surface area contributed by atoms with Crippen LogP contribution in [0.4, 0.5) is 0 Å². The number of aromatic nitrogens is 3. The third kappa shape index (κ3) is 2.91. The maximum absolute atomic E-state index is 12.7. The number of aryl methyl sites for hydroxylation is 1. The van der Waals surface area contributed by atoms with Gasteiger partial charge in [0.2, 0.25) is 0 Å². The summed E-state index contributed by atoms with van der Waals surface area (Å²) in [4.78, 5) is 24.7. The Bertz CT molecular complexity index is 669. The van der Waals surface area contributed by atoms with Gasteiger partial charge < -0.3 is 14.5 Å². The van der Waals surface area contributed by atoms with Crippen LogP contribution in [0, 0.1) is 0 Å². The zero-order chi connectivity index (χ0) is 15.6. The second-order valence-corrected chi connectivity index (χ2v) is 6.48. The smallest absolute Gasteiger partial charge is 0.270 e. The molecule has 0 unspecified atom stereocenters. The summed E-state index contributed by atoms with van der Waals surface area (Å²) < 4.78 is 2.23. The summed E-state index contributed by atoms with van der Waals surface area (Å²) in [7, 11) is 0. The van der Waals surface area contributed by atoms with Gasteiger partial charge in [0, 0.05) is 25.8 Å². The van der Waals surface area contributed by atoms with Gasteiger partial charge in [0.25, 0.3) is 5.91 Å². The Morgan fingerprint density at radius 1 is 1.17 bits per heavy atom. The van der Waals surface area contributed by atoms with E-state index >= 15 is 0 Å². The number of carbonyl (C=O) groups is 1. The fourth-order valence-electron chi connectivity index (χ4n) is 3.61. The zero-order valence-electron chi connectivity index (χ0n) is 13.4. The lowest BCUT2D eigenvalue weighted by Gasteiger charge is -2.21. The van der Waals surface area contributed by atoms with Gasteiger partial charge >= 0.3 is 0 Å². The molecule has 23 heavy (non-hydrogen) atoms. The molecule has 6 heteroatoms.